The molecule has 3 rings (SSSR count). The molecule has 0 bridgehead atoms. The van der Waals surface area contributed by atoms with Crippen LogP contribution in [0.1, 0.15) is 0 Å². The number of hydrogen-bond acceptors (Lipinski definition) is 7. The smallest absolute Gasteiger partial charge is 0.212 e. The van der Waals surface area contributed by atoms with Crippen molar-refractivity contribution in [3.8, 4) is 17.5 Å². The molecule has 18 heavy (non-hydrogen) atoms. The van der Waals surface area contributed by atoms with Crippen molar-refractivity contribution in [1.29, 1.82) is 0 Å². The van der Waals surface area contributed by atoms with Crippen molar-refractivity contribution in [3.63, 3.8) is 0 Å². The monoisotopic (exact) mass is 243 g/mol. The molecule has 0 unspecified atom stereocenters. The molecule has 90 valence electrons. The number of imidazole rings is 2. The van der Waals surface area contributed by atoms with Crippen LogP contribution in [0, 0.1) is 0 Å². The van der Waals surface area contributed by atoms with Gasteiger partial charge in [0.2, 0.25) is 5.95 Å². The summed E-state index contributed by atoms with van der Waals surface area (Å²) in [5.41, 5.74) is 12.0. The lowest BCUT2D eigenvalue weighted by Gasteiger charge is -2.06. The third-order valence-electron chi connectivity index (χ3n) is 2.39. The first-order chi connectivity index (χ1) is 8.77. The number of hydrogen-bond donors (Lipinski definition) is 3. The zero-order valence-electron chi connectivity index (χ0n) is 9.15. The summed E-state index contributed by atoms with van der Waals surface area (Å²) >= 11 is 0. The van der Waals surface area contributed by atoms with Crippen LogP contribution in [-0.2, 0) is 0 Å². The molecule has 0 saturated heterocycles. The summed E-state index contributed by atoms with van der Waals surface area (Å²) in [7, 11) is 0. The van der Waals surface area contributed by atoms with Crippen LogP contribution in [0.15, 0.2) is 24.8 Å². The maximum absolute atomic E-state index is 5.82. The van der Waals surface area contributed by atoms with Crippen LogP contribution >= 0.6 is 0 Å². The maximum Gasteiger partial charge on any atom is 0.212 e. The molecule has 3 aromatic heterocycles. The van der Waals surface area contributed by atoms with Crippen molar-refractivity contribution in [1.82, 2.24) is 34.9 Å². The highest BCUT2D eigenvalue weighted by Gasteiger charge is 2.16. The highest BCUT2D eigenvalue weighted by atomic mass is 15.3. The molecule has 0 aromatic carbocycles. The normalized spacial score (nSPS) is 10.7. The molecule has 0 aliphatic carbocycles. The minimum absolute atomic E-state index is 0.119. The zero-order valence-corrected chi connectivity index (χ0v) is 9.15. The first-order valence-electron chi connectivity index (χ1n) is 5.05. The Morgan fingerprint density at radius 1 is 1.11 bits per heavy atom. The van der Waals surface area contributed by atoms with E-state index in [2.05, 4.69) is 30.4 Å². The summed E-state index contributed by atoms with van der Waals surface area (Å²) in [6, 6.07) is 0. The lowest BCUT2D eigenvalue weighted by Crippen LogP contribution is -2.08. The van der Waals surface area contributed by atoms with E-state index in [1.165, 1.54) is 0 Å². The lowest BCUT2D eigenvalue weighted by molar-refractivity contribution is 0.866. The molecule has 3 aromatic rings. The second-order valence-corrected chi connectivity index (χ2v) is 3.47. The SMILES string of the molecule is Nc1nnnc(-c2nccn2-c2ncc[nH]2)c1N. The van der Waals surface area contributed by atoms with Crippen LogP contribution < -0.4 is 11.5 Å². The number of aromatic nitrogens is 7. The third-order valence-corrected chi connectivity index (χ3v) is 2.39. The van der Waals surface area contributed by atoms with Crippen LogP contribution in [0.2, 0.25) is 0 Å². The first-order valence-corrected chi connectivity index (χ1v) is 5.05. The zero-order chi connectivity index (χ0) is 12.5. The molecule has 0 atom stereocenters. The Bertz CT molecular complexity index is 669. The Labute approximate surface area is 101 Å². The molecule has 0 saturated carbocycles. The Hall–Kier alpha value is -2.97. The van der Waals surface area contributed by atoms with E-state index in [0.29, 0.717) is 17.5 Å². The Morgan fingerprint density at radius 2 is 2.00 bits per heavy atom. The summed E-state index contributed by atoms with van der Waals surface area (Å²) < 4.78 is 1.69. The second kappa shape index (κ2) is 3.80. The van der Waals surface area contributed by atoms with Gasteiger partial charge in [0.15, 0.2) is 17.3 Å². The van der Waals surface area contributed by atoms with E-state index in [1.807, 2.05) is 0 Å². The third kappa shape index (κ3) is 1.45. The number of nitrogen functional groups attached to an aromatic ring is 2. The van der Waals surface area contributed by atoms with E-state index >= 15 is 0 Å². The fourth-order valence-corrected chi connectivity index (χ4v) is 1.55. The summed E-state index contributed by atoms with van der Waals surface area (Å²) in [6.45, 7) is 0. The average Bonchev–Trinajstić information content (AvgIpc) is 3.01. The van der Waals surface area contributed by atoms with Gasteiger partial charge in [-0.15, -0.1) is 10.2 Å². The Morgan fingerprint density at radius 3 is 2.78 bits per heavy atom. The van der Waals surface area contributed by atoms with Crippen molar-refractivity contribution in [2.45, 2.75) is 0 Å². The van der Waals surface area contributed by atoms with E-state index in [4.69, 9.17) is 11.5 Å². The summed E-state index contributed by atoms with van der Waals surface area (Å²) in [6.07, 6.45) is 6.67. The minimum Gasteiger partial charge on any atom is -0.394 e. The highest BCUT2D eigenvalue weighted by Crippen LogP contribution is 2.25. The van der Waals surface area contributed by atoms with Crippen LogP contribution in [0.25, 0.3) is 17.5 Å². The van der Waals surface area contributed by atoms with Gasteiger partial charge >= 0.3 is 0 Å². The van der Waals surface area contributed by atoms with Gasteiger partial charge in [0.1, 0.15) is 5.69 Å². The topological polar surface area (TPSA) is 137 Å². The number of rotatable bonds is 2. The van der Waals surface area contributed by atoms with Crippen molar-refractivity contribution in [3.05, 3.63) is 24.8 Å². The standard InChI is InChI=1S/C9H9N9/c10-5-6(15-17-16-7(5)11)8-12-3-4-18(8)9-13-1-2-14-9/h1-4H,(H2,10,17)(H,13,14)(H2,11,15,16). The molecule has 0 fully saturated rings. The number of nitrogens with zero attached hydrogens (tertiary/aromatic N) is 6. The maximum atomic E-state index is 5.82. The van der Waals surface area contributed by atoms with Crippen LogP contribution in [0.5, 0.6) is 0 Å². The van der Waals surface area contributed by atoms with Crippen molar-refractivity contribution in [2.24, 2.45) is 0 Å². The number of H-pyrrole nitrogens is 1. The van der Waals surface area contributed by atoms with Crippen LogP contribution in [0.3, 0.4) is 0 Å². The fourth-order valence-electron chi connectivity index (χ4n) is 1.55. The van der Waals surface area contributed by atoms with Gasteiger partial charge < -0.3 is 16.5 Å². The number of nitrogens with one attached hydrogen (secondary N) is 1. The molecular formula is C9H9N9. The minimum atomic E-state index is 0.119. The molecule has 0 aliphatic rings. The van der Waals surface area contributed by atoms with Gasteiger partial charge in [0, 0.05) is 24.8 Å². The van der Waals surface area contributed by atoms with Crippen LogP contribution in [0.4, 0.5) is 11.5 Å². The first kappa shape index (κ1) is 10.2. The number of aromatic amines is 1. The Balaban J connectivity index is 2.19. The largest absolute Gasteiger partial charge is 0.394 e. The summed E-state index contributed by atoms with van der Waals surface area (Å²) in [5.74, 6) is 1.21. The molecule has 0 spiro atoms. The molecule has 0 amide bonds. The van der Waals surface area contributed by atoms with E-state index in [9.17, 15) is 0 Å². The van der Waals surface area contributed by atoms with Crippen molar-refractivity contribution in [2.75, 3.05) is 11.5 Å². The number of anilines is 2. The van der Waals surface area contributed by atoms with Gasteiger partial charge in [-0.1, -0.05) is 0 Å². The van der Waals surface area contributed by atoms with Crippen LogP contribution in [-0.4, -0.2) is 34.9 Å². The van der Waals surface area contributed by atoms with Gasteiger partial charge in [-0.3, -0.25) is 4.57 Å². The molecule has 0 aliphatic heterocycles. The Kier molecular flexibility index (Phi) is 2.15. The average molecular weight is 243 g/mol. The second-order valence-electron chi connectivity index (χ2n) is 3.47. The molecule has 9 nitrogen and oxygen atoms in total. The van der Waals surface area contributed by atoms with E-state index in [-0.39, 0.29) is 11.5 Å². The quantitative estimate of drug-likeness (QED) is 0.557. The van der Waals surface area contributed by atoms with Crippen molar-refractivity contribution >= 4 is 11.5 Å². The number of nitrogens with two attached hydrogens (primary N) is 2. The van der Waals surface area contributed by atoms with Crippen molar-refractivity contribution < 1.29 is 0 Å². The molecule has 3 heterocycles. The predicted octanol–water partition coefficient (Wildman–Crippen LogP) is -0.388. The van der Waals surface area contributed by atoms with Gasteiger partial charge in [-0.05, 0) is 5.21 Å². The van der Waals surface area contributed by atoms with E-state index in [0.717, 1.165) is 0 Å². The fraction of sp³-hybridized carbons (Fsp3) is 0. The molecule has 9 heteroatoms. The lowest BCUT2D eigenvalue weighted by atomic mass is 10.3. The van der Waals surface area contributed by atoms with E-state index in [1.54, 1.807) is 29.4 Å². The summed E-state index contributed by atoms with van der Waals surface area (Å²) in [5, 5.41) is 11.0. The highest BCUT2D eigenvalue weighted by molar-refractivity contribution is 5.75. The molecule has 5 N–H and O–H groups in total. The van der Waals surface area contributed by atoms with Gasteiger partial charge in [0.25, 0.3) is 0 Å². The predicted molar refractivity (Wildman–Crippen MR) is 63.4 cm³/mol. The molecular weight excluding hydrogens is 234 g/mol. The van der Waals surface area contributed by atoms with Gasteiger partial charge in [0.05, 0.1) is 0 Å². The van der Waals surface area contributed by atoms with E-state index < -0.39 is 0 Å². The van der Waals surface area contributed by atoms with Gasteiger partial charge in [-0.25, -0.2) is 9.97 Å². The van der Waals surface area contributed by atoms with Gasteiger partial charge in [-0.2, -0.15) is 0 Å². The molecule has 0 radical (unpaired) electrons. The summed E-state index contributed by atoms with van der Waals surface area (Å²) in [4.78, 5) is 11.3.